The lowest BCUT2D eigenvalue weighted by Crippen LogP contribution is -2.17. The smallest absolute Gasteiger partial charge is 0.271 e. The van der Waals surface area contributed by atoms with Gasteiger partial charge in [0.2, 0.25) is 0 Å². The van der Waals surface area contributed by atoms with E-state index in [1.54, 1.807) is 31.4 Å². The molecule has 0 spiro atoms. The van der Waals surface area contributed by atoms with Gasteiger partial charge < -0.3 is 14.6 Å². The molecule has 2 N–H and O–H groups in total. The summed E-state index contributed by atoms with van der Waals surface area (Å²) in [7, 11) is 1.55. The first-order chi connectivity index (χ1) is 11.5. The Labute approximate surface area is 148 Å². The number of hydrazone groups is 1. The van der Waals surface area contributed by atoms with E-state index in [1.807, 2.05) is 6.92 Å². The molecule has 0 aliphatic rings. The monoisotopic (exact) mass is 392 g/mol. The third-order valence-corrected chi connectivity index (χ3v) is 3.62. The van der Waals surface area contributed by atoms with E-state index >= 15 is 0 Å². The van der Waals surface area contributed by atoms with Crippen LogP contribution in [0.5, 0.6) is 17.2 Å². The zero-order chi connectivity index (χ0) is 17.5. The quantitative estimate of drug-likeness (QED) is 0.583. The van der Waals surface area contributed by atoms with Crippen LogP contribution in [0.4, 0.5) is 0 Å². The lowest BCUT2D eigenvalue weighted by molar-refractivity contribution is 0.0954. The van der Waals surface area contributed by atoms with Crippen LogP contribution in [0.2, 0.25) is 0 Å². The highest BCUT2D eigenvalue weighted by atomic mass is 79.9. The molecule has 0 bridgehead atoms. The molecule has 0 saturated heterocycles. The van der Waals surface area contributed by atoms with E-state index in [9.17, 15) is 9.90 Å². The number of benzene rings is 2. The zero-order valence-electron chi connectivity index (χ0n) is 13.2. The fraction of sp³-hybridized carbons (Fsp3) is 0.176. The average molecular weight is 393 g/mol. The SMILES string of the molecule is CCOc1c(Br)cc(/C=N\NC(=O)c2cccc(O)c2)cc1OC. The van der Waals surface area contributed by atoms with Gasteiger partial charge in [-0.3, -0.25) is 4.79 Å². The largest absolute Gasteiger partial charge is 0.508 e. The van der Waals surface area contributed by atoms with Crippen LogP contribution in [0.1, 0.15) is 22.8 Å². The summed E-state index contributed by atoms with van der Waals surface area (Å²) in [4.78, 5) is 11.9. The predicted molar refractivity (Wildman–Crippen MR) is 95.0 cm³/mol. The molecule has 0 unspecified atom stereocenters. The van der Waals surface area contributed by atoms with Gasteiger partial charge in [0.15, 0.2) is 11.5 Å². The van der Waals surface area contributed by atoms with Crippen LogP contribution in [0.3, 0.4) is 0 Å². The molecule has 0 fully saturated rings. The Hall–Kier alpha value is -2.54. The van der Waals surface area contributed by atoms with E-state index in [-0.39, 0.29) is 5.75 Å². The Morgan fingerprint density at radius 3 is 2.83 bits per heavy atom. The van der Waals surface area contributed by atoms with Crippen LogP contribution in [0.15, 0.2) is 46.0 Å². The standard InChI is InChI=1S/C17H17BrN2O4/c1-3-24-16-14(18)7-11(8-15(16)23-2)10-19-20-17(22)12-5-4-6-13(21)9-12/h4-10,21H,3H2,1-2H3,(H,20,22)/b19-10-. The molecular formula is C17H17BrN2O4. The third kappa shape index (κ3) is 4.48. The Kier molecular flexibility index (Phi) is 6.20. The Bertz CT molecular complexity index is 762. The van der Waals surface area contributed by atoms with Crippen molar-refractivity contribution in [3.8, 4) is 17.2 Å². The summed E-state index contributed by atoms with van der Waals surface area (Å²) < 4.78 is 11.5. The highest BCUT2D eigenvalue weighted by Crippen LogP contribution is 2.36. The second kappa shape index (κ2) is 8.35. The molecule has 2 rings (SSSR count). The van der Waals surface area contributed by atoms with Crippen molar-refractivity contribution in [2.75, 3.05) is 13.7 Å². The van der Waals surface area contributed by atoms with Crippen molar-refractivity contribution in [2.24, 2.45) is 5.10 Å². The van der Waals surface area contributed by atoms with Crippen LogP contribution in [-0.4, -0.2) is 30.9 Å². The molecule has 2 aromatic rings. The van der Waals surface area contributed by atoms with E-state index in [2.05, 4.69) is 26.5 Å². The lowest BCUT2D eigenvalue weighted by Gasteiger charge is -2.11. The summed E-state index contributed by atoms with van der Waals surface area (Å²) in [5.41, 5.74) is 3.44. The van der Waals surface area contributed by atoms with Crippen LogP contribution in [-0.2, 0) is 0 Å². The number of methoxy groups -OCH3 is 1. The Morgan fingerprint density at radius 1 is 1.38 bits per heavy atom. The Morgan fingerprint density at radius 2 is 2.17 bits per heavy atom. The van der Waals surface area contributed by atoms with Crippen molar-refractivity contribution in [1.29, 1.82) is 0 Å². The number of carbonyl (C=O) groups excluding carboxylic acids is 1. The summed E-state index contributed by atoms with van der Waals surface area (Å²) in [6.45, 7) is 2.40. The highest BCUT2D eigenvalue weighted by molar-refractivity contribution is 9.10. The van der Waals surface area contributed by atoms with Crippen LogP contribution in [0.25, 0.3) is 0 Å². The number of phenolic OH excluding ortho intramolecular Hbond substituents is 1. The maximum atomic E-state index is 11.9. The average Bonchev–Trinajstić information content (AvgIpc) is 2.57. The predicted octanol–water partition coefficient (Wildman–Crippen LogP) is 3.33. The number of nitrogens with one attached hydrogen (secondary N) is 1. The molecule has 0 atom stereocenters. The van der Waals surface area contributed by atoms with Crippen molar-refractivity contribution in [3.05, 3.63) is 52.0 Å². The van der Waals surface area contributed by atoms with Crippen LogP contribution >= 0.6 is 15.9 Å². The summed E-state index contributed by atoms with van der Waals surface area (Å²) in [6, 6.07) is 9.58. The van der Waals surface area contributed by atoms with Gasteiger partial charge in [-0.1, -0.05) is 6.07 Å². The Balaban J connectivity index is 2.11. The van der Waals surface area contributed by atoms with Gasteiger partial charge in [0.25, 0.3) is 5.91 Å². The first kappa shape index (κ1) is 17.8. The molecule has 126 valence electrons. The van der Waals surface area contributed by atoms with Gasteiger partial charge in [-0.25, -0.2) is 5.43 Å². The maximum Gasteiger partial charge on any atom is 0.271 e. The molecule has 0 radical (unpaired) electrons. The van der Waals surface area contributed by atoms with Gasteiger partial charge in [-0.15, -0.1) is 0 Å². The van der Waals surface area contributed by atoms with E-state index in [0.717, 1.165) is 10.0 Å². The molecule has 0 saturated carbocycles. The molecule has 0 aliphatic carbocycles. The molecule has 7 heteroatoms. The van der Waals surface area contributed by atoms with Gasteiger partial charge in [-0.05, 0) is 58.7 Å². The highest BCUT2D eigenvalue weighted by Gasteiger charge is 2.10. The number of carbonyl (C=O) groups is 1. The van der Waals surface area contributed by atoms with E-state index < -0.39 is 5.91 Å². The van der Waals surface area contributed by atoms with Crippen molar-refractivity contribution in [3.63, 3.8) is 0 Å². The molecular weight excluding hydrogens is 376 g/mol. The molecule has 0 aromatic heterocycles. The van der Waals surface area contributed by atoms with Gasteiger partial charge in [0.1, 0.15) is 5.75 Å². The van der Waals surface area contributed by atoms with Gasteiger partial charge >= 0.3 is 0 Å². The van der Waals surface area contributed by atoms with E-state index in [0.29, 0.717) is 23.7 Å². The fourth-order valence-corrected chi connectivity index (χ4v) is 2.55. The summed E-state index contributed by atoms with van der Waals surface area (Å²) in [5, 5.41) is 13.3. The maximum absolute atomic E-state index is 11.9. The number of amides is 1. The van der Waals surface area contributed by atoms with Crippen molar-refractivity contribution >= 4 is 28.1 Å². The second-order valence-electron chi connectivity index (χ2n) is 4.72. The number of rotatable bonds is 6. The molecule has 2 aromatic carbocycles. The van der Waals surface area contributed by atoms with Crippen LogP contribution < -0.4 is 14.9 Å². The first-order valence-electron chi connectivity index (χ1n) is 7.18. The minimum Gasteiger partial charge on any atom is -0.508 e. The van der Waals surface area contributed by atoms with Crippen molar-refractivity contribution < 1.29 is 19.4 Å². The number of ether oxygens (including phenoxy) is 2. The minimum absolute atomic E-state index is 0.0202. The zero-order valence-corrected chi connectivity index (χ0v) is 14.8. The minimum atomic E-state index is -0.417. The fourth-order valence-electron chi connectivity index (χ4n) is 1.98. The van der Waals surface area contributed by atoms with Crippen LogP contribution in [0, 0.1) is 0 Å². The van der Waals surface area contributed by atoms with Gasteiger partial charge in [0.05, 0.1) is 24.4 Å². The number of aromatic hydroxyl groups is 1. The van der Waals surface area contributed by atoms with Gasteiger partial charge in [0, 0.05) is 5.56 Å². The van der Waals surface area contributed by atoms with Crippen molar-refractivity contribution in [2.45, 2.75) is 6.92 Å². The summed E-state index contributed by atoms with van der Waals surface area (Å²) in [5.74, 6) is 0.777. The third-order valence-electron chi connectivity index (χ3n) is 3.03. The van der Waals surface area contributed by atoms with E-state index in [4.69, 9.17) is 9.47 Å². The number of halogens is 1. The number of hydrogen-bond acceptors (Lipinski definition) is 5. The molecule has 0 aliphatic heterocycles. The van der Waals surface area contributed by atoms with E-state index in [1.165, 1.54) is 18.3 Å². The molecule has 6 nitrogen and oxygen atoms in total. The number of hydrogen-bond donors (Lipinski definition) is 2. The normalized spacial score (nSPS) is 10.6. The van der Waals surface area contributed by atoms with Gasteiger partial charge in [-0.2, -0.15) is 5.10 Å². The summed E-state index contributed by atoms with van der Waals surface area (Å²) in [6.07, 6.45) is 1.49. The van der Waals surface area contributed by atoms with Crippen molar-refractivity contribution in [1.82, 2.24) is 5.43 Å². The first-order valence-corrected chi connectivity index (χ1v) is 7.97. The molecule has 24 heavy (non-hydrogen) atoms. The topological polar surface area (TPSA) is 80.2 Å². The number of phenols is 1. The molecule has 0 heterocycles. The summed E-state index contributed by atoms with van der Waals surface area (Å²) >= 11 is 3.42. The number of nitrogens with zero attached hydrogens (tertiary/aromatic N) is 1. The second-order valence-corrected chi connectivity index (χ2v) is 5.57. The molecule has 1 amide bonds. The lowest BCUT2D eigenvalue weighted by atomic mass is 10.2.